The normalized spacial score (nSPS) is 18.6. The molecule has 0 aliphatic carbocycles. The summed E-state index contributed by atoms with van der Waals surface area (Å²) in [6.45, 7) is 0. The molecule has 1 amide bonds. The van der Waals surface area contributed by atoms with Crippen LogP contribution in [0.2, 0.25) is 0 Å². The van der Waals surface area contributed by atoms with Crippen molar-refractivity contribution in [2.24, 2.45) is 0 Å². The minimum Gasteiger partial charge on any atom is -0.349 e. The molecule has 0 bridgehead atoms. The molecule has 1 saturated heterocycles. The molecule has 1 fully saturated rings. The third-order valence-corrected chi connectivity index (χ3v) is 7.89. The van der Waals surface area contributed by atoms with Gasteiger partial charge in [-0.1, -0.05) is 0 Å². The fourth-order valence-electron chi connectivity index (χ4n) is 3.20. The molecule has 0 radical (unpaired) electrons. The van der Waals surface area contributed by atoms with Crippen LogP contribution in [-0.2, 0) is 12.2 Å². The van der Waals surface area contributed by atoms with Crippen LogP contribution in [0.5, 0.6) is 0 Å². The van der Waals surface area contributed by atoms with E-state index < -0.39 is 0 Å². The summed E-state index contributed by atoms with van der Waals surface area (Å²) in [5.74, 6) is 4.62. The summed E-state index contributed by atoms with van der Waals surface area (Å²) in [6.07, 6.45) is 7.28. The van der Waals surface area contributed by atoms with Gasteiger partial charge in [-0.25, -0.2) is 0 Å². The maximum atomic E-state index is 13.0. The summed E-state index contributed by atoms with van der Waals surface area (Å²) in [7, 11) is 0. The highest BCUT2D eigenvalue weighted by Gasteiger charge is 2.27. The van der Waals surface area contributed by atoms with Gasteiger partial charge in [0.25, 0.3) is 5.91 Å². The lowest BCUT2D eigenvalue weighted by atomic mass is 10.1. The van der Waals surface area contributed by atoms with Gasteiger partial charge in [0.2, 0.25) is 0 Å². The molecule has 2 aliphatic heterocycles. The van der Waals surface area contributed by atoms with Crippen LogP contribution in [0, 0.1) is 0 Å². The van der Waals surface area contributed by atoms with E-state index in [1.807, 2.05) is 48.1 Å². The second-order valence-electron chi connectivity index (χ2n) is 5.94. The molecule has 2 aliphatic rings. The highest BCUT2D eigenvalue weighted by molar-refractivity contribution is 7.99. The molecule has 6 heteroatoms. The Bertz CT molecular complexity index is 687. The monoisotopic (exact) mass is 364 g/mol. The lowest BCUT2D eigenvalue weighted by Gasteiger charge is -2.23. The van der Waals surface area contributed by atoms with Gasteiger partial charge in [0.05, 0.1) is 5.56 Å². The minimum absolute atomic E-state index is 0.134. The van der Waals surface area contributed by atoms with Gasteiger partial charge in [-0.05, 0) is 54.2 Å². The molecule has 2 aromatic heterocycles. The number of hydrogen-bond donors (Lipinski definition) is 1. The average Bonchev–Trinajstić information content (AvgIpc) is 3.23. The van der Waals surface area contributed by atoms with E-state index in [2.05, 4.69) is 9.88 Å². The molecular formula is C17H20N2OS3. The number of carbonyl (C=O) groups excluding carboxylic acids is 1. The van der Waals surface area contributed by atoms with Gasteiger partial charge in [0, 0.05) is 29.1 Å². The zero-order valence-electron chi connectivity index (χ0n) is 12.9. The van der Waals surface area contributed by atoms with Crippen molar-refractivity contribution >= 4 is 40.8 Å². The van der Waals surface area contributed by atoms with Gasteiger partial charge >= 0.3 is 0 Å². The SMILES string of the molecule is O=C(NC1CCSCC1)c1c(-n2cccc2)sc2c1CCSC2. The van der Waals surface area contributed by atoms with E-state index in [0.717, 1.165) is 52.8 Å². The zero-order valence-corrected chi connectivity index (χ0v) is 15.4. The van der Waals surface area contributed by atoms with E-state index in [9.17, 15) is 4.79 Å². The number of thioether (sulfide) groups is 2. The van der Waals surface area contributed by atoms with Crippen LogP contribution < -0.4 is 5.32 Å². The number of thiophene rings is 1. The number of amides is 1. The van der Waals surface area contributed by atoms with Crippen LogP contribution in [-0.4, -0.2) is 33.8 Å². The van der Waals surface area contributed by atoms with E-state index in [0.29, 0.717) is 6.04 Å². The van der Waals surface area contributed by atoms with E-state index in [-0.39, 0.29) is 5.91 Å². The van der Waals surface area contributed by atoms with Crippen molar-refractivity contribution in [3.63, 3.8) is 0 Å². The predicted octanol–water partition coefficient (Wildman–Crippen LogP) is 3.95. The zero-order chi connectivity index (χ0) is 15.6. The standard InChI is InChI=1S/C17H20N2OS3/c20-16(18-12-3-8-21-9-4-12)15-13-5-10-22-11-14(13)23-17(15)19-6-1-2-7-19/h1-2,6-7,12H,3-5,8-11H2,(H,18,20). The highest BCUT2D eigenvalue weighted by Crippen LogP contribution is 2.38. The van der Waals surface area contributed by atoms with Crippen LogP contribution in [0.15, 0.2) is 24.5 Å². The number of hydrogen-bond acceptors (Lipinski definition) is 4. The second-order valence-corrected chi connectivity index (χ2v) is 9.35. The summed E-state index contributed by atoms with van der Waals surface area (Å²) >= 11 is 5.75. The van der Waals surface area contributed by atoms with Gasteiger partial charge in [0.15, 0.2) is 0 Å². The van der Waals surface area contributed by atoms with Crippen molar-refractivity contribution in [2.75, 3.05) is 17.3 Å². The molecule has 3 nitrogen and oxygen atoms in total. The fraction of sp³-hybridized carbons (Fsp3) is 0.471. The number of rotatable bonds is 3. The van der Waals surface area contributed by atoms with E-state index >= 15 is 0 Å². The van der Waals surface area contributed by atoms with Gasteiger partial charge in [-0.3, -0.25) is 4.79 Å². The lowest BCUT2D eigenvalue weighted by molar-refractivity contribution is 0.0934. The first kappa shape index (κ1) is 15.7. The van der Waals surface area contributed by atoms with Gasteiger partial charge in [0.1, 0.15) is 5.00 Å². The quantitative estimate of drug-likeness (QED) is 0.895. The van der Waals surface area contributed by atoms with Crippen LogP contribution in [0.3, 0.4) is 0 Å². The molecule has 23 heavy (non-hydrogen) atoms. The number of aromatic nitrogens is 1. The number of fused-ring (bicyclic) bond motifs is 1. The Morgan fingerprint density at radius 1 is 1.13 bits per heavy atom. The molecule has 1 N–H and O–H groups in total. The Balaban J connectivity index is 1.67. The largest absolute Gasteiger partial charge is 0.349 e. The van der Waals surface area contributed by atoms with Crippen molar-refractivity contribution in [3.05, 3.63) is 40.5 Å². The highest BCUT2D eigenvalue weighted by atomic mass is 32.2. The summed E-state index contributed by atoms with van der Waals surface area (Å²) in [5, 5.41) is 4.40. The maximum Gasteiger partial charge on any atom is 0.254 e. The third-order valence-electron chi connectivity index (χ3n) is 4.42. The first-order valence-electron chi connectivity index (χ1n) is 8.07. The van der Waals surface area contributed by atoms with E-state index in [1.54, 1.807) is 11.3 Å². The predicted molar refractivity (Wildman–Crippen MR) is 101 cm³/mol. The Morgan fingerprint density at radius 2 is 1.91 bits per heavy atom. The Labute approximate surface area is 149 Å². The molecule has 4 rings (SSSR count). The van der Waals surface area contributed by atoms with Crippen molar-refractivity contribution in [1.29, 1.82) is 0 Å². The van der Waals surface area contributed by atoms with Gasteiger partial charge in [-0.2, -0.15) is 23.5 Å². The molecule has 0 atom stereocenters. The molecular weight excluding hydrogens is 344 g/mol. The smallest absolute Gasteiger partial charge is 0.254 e. The molecule has 0 spiro atoms. The Kier molecular flexibility index (Phi) is 4.73. The molecule has 2 aromatic rings. The van der Waals surface area contributed by atoms with Crippen molar-refractivity contribution in [3.8, 4) is 5.00 Å². The minimum atomic E-state index is 0.134. The molecule has 0 saturated carbocycles. The van der Waals surface area contributed by atoms with Crippen LogP contribution in [0.4, 0.5) is 0 Å². The number of nitrogens with one attached hydrogen (secondary N) is 1. The fourth-order valence-corrected chi connectivity index (χ4v) is 6.75. The van der Waals surface area contributed by atoms with E-state index in [4.69, 9.17) is 0 Å². The molecule has 0 aromatic carbocycles. The summed E-state index contributed by atoms with van der Waals surface area (Å²) < 4.78 is 2.10. The Hall–Kier alpha value is -0.850. The molecule has 4 heterocycles. The van der Waals surface area contributed by atoms with Crippen molar-refractivity contribution < 1.29 is 4.79 Å². The van der Waals surface area contributed by atoms with Gasteiger partial charge < -0.3 is 9.88 Å². The van der Waals surface area contributed by atoms with Gasteiger partial charge in [-0.15, -0.1) is 11.3 Å². The van der Waals surface area contributed by atoms with Crippen molar-refractivity contribution in [1.82, 2.24) is 9.88 Å². The average molecular weight is 365 g/mol. The second kappa shape index (κ2) is 6.95. The van der Waals surface area contributed by atoms with Crippen LogP contribution in [0.25, 0.3) is 5.00 Å². The third kappa shape index (κ3) is 3.21. The molecule has 122 valence electrons. The van der Waals surface area contributed by atoms with Crippen LogP contribution >= 0.6 is 34.9 Å². The summed E-state index contributed by atoms with van der Waals surface area (Å²) in [5.41, 5.74) is 2.22. The Morgan fingerprint density at radius 3 is 2.70 bits per heavy atom. The number of carbonyl (C=O) groups is 1. The maximum absolute atomic E-state index is 13.0. The van der Waals surface area contributed by atoms with E-state index in [1.165, 1.54) is 10.4 Å². The van der Waals surface area contributed by atoms with Crippen molar-refractivity contribution in [2.45, 2.75) is 31.1 Å². The topological polar surface area (TPSA) is 34.0 Å². The first-order valence-corrected chi connectivity index (χ1v) is 11.2. The lowest BCUT2D eigenvalue weighted by Crippen LogP contribution is -2.38. The summed E-state index contributed by atoms with van der Waals surface area (Å²) in [4.78, 5) is 14.4. The number of nitrogens with zero attached hydrogens (tertiary/aromatic N) is 1. The van der Waals surface area contributed by atoms with Crippen LogP contribution in [0.1, 0.15) is 33.6 Å². The summed E-state index contributed by atoms with van der Waals surface area (Å²) in [6, 6.07) is 4.39. The molecule has 0 unspecified atom stereocenters. The first-order chi connectivity index (χ1) is 11.3.